The van der Waals surface area contributed by atoms with Gasteiger partial charge in [0.1, 0.15) is 6.61 Å². The molecule has 0 aliphatic rings. The minimum absolute atomic E-state index is 0.179. The first-order valence-electron chi connectivity index (χ1n) is 7.29. The van der Waals surface area contributed by atoms with Gasteiger partial charge in [0.2, 0.25) is 6.29 Å². The van der Waals surface area contributed by atoms with Crippen molar-refractivity contribution in [3.8, 4) is 6.07 Å². The molecule has 6 heteroatoms. The topological polar surface area (TPSA) is 71.8 Å². The van der Waals surface area contributed by atoms with Crippen LogP contribution in [-0.2, 0) is 14.2 Å². The summed E-state index contributed by atoms with van der Waals surface area (Å²) in [5, 5.41) is 8.73. The van der Waals surface area contributed by atoms with Crippen molar-refractivity contribution in [2.75, 3.05) is 31.2 Å². The Morgan fingerprint density at radius 3 is 2.68 bits per heavy atom. The van der Waals surface area contributed by atoms with Crippen LogP contribution in [0, 0.1) is 11.3 Å². The van der Waals surface area contributed by atoms with E-state index in [1.807, 2.05) is 42.2 Å². The molecule has 120 valence electrons. The smallest absolute Gasteiger partial charge is 0.432 e. The molecule has 0 N–H and O–H groups in total. The average molecular weight is 306 g/mol. The Morgan fingerprint density at radius 1 is 1.32 bits per heavy atom. The van der Waals surface area contributed by atoms with Gasteiger partial charge in [0.15, 0.2) is 0 Å². The number of nitriles is 1. The molecular weight excluding hydrogens is 284 g/mol. The van der Waals surface area contributed by atoms with E-state index in [-0.39, 0.29) is 6.61 Å². The number of nitrogens with zero attached hydrogens (tertiary/aromatic N) is 2. The third kappa shape index (κ3) is 6.95. The zero-order valence-electron chi connectivity index (χ0n) is 13.0. The lowest BCUT2D eigenvalue weighted by Crippen LogP contribution is -2.30. The van der Waals surface area contributed by atoms with E-state index >= 15 is 0 Å². The highest BCUT2D eigenvalue weighted by atomic mass is 16.8. The van der Waals surface area contributed by atoms with Gasteiger partial charge in [-0.1, -0.05) is 18.2 Å². The summed E-state index contributed by atoms with van der Waals surface area (Å²) < 4.78 is 15.0. The lowest BCUT2D eigenvalue weighted by molar-refractivity contribution is -0.107. The molecule has 0 aliphatic carbocycles. The molecule has 0 fully saturated rings. The highest BCUT2D eigenvalue weighted by Crippen LogP contribution is 2.13. The normalized spacial score (nSPS) is 11.3. The Morgan fingerprint density at radius 2 is 2.05 bits per heavy atom. The van der Waals surface area contributed by atoms with E-state index in [1.165, 1.54) is 0 Å². The van der Waals surface area contributed by atoms with Crippen LogP contribution in [0.3, 0.4) is 0 Å². The molecule has 0 aromatic heterocycles. The largest absolute Gasteiger partial charge is 0.510 e. The highest BCUT2D eigenvalue weighted by molar-refractivity contribution is 5.60. The van der Waals surface area contributed by atoms with Gasteiger partial charge in [0, 0.05) is 18.8 Å². The maximum atomic E-state index is 11.5. The van der Waals surface area contributed by atoms with E-state index in [0.29, 0.717) is 26.1 Å². The fraction of sp³-hybridized carbons (Fsp3) is 0.500. The molecule has 0 spiro atoms. The number of ether oxygens (including phenoxy) is 3. The predicted molar refractivity (Wildman–Crippen MR) is 82.4 cm³/mol. The monoisotopic (exact) mass is 306 g/mol. The number of para-hydroxylation sites is 1. The minimum Gasteiger partial charge on any atom is -0.432 e. The summed E-state index contributed by atoms with van der Waals surface area (Å²) >= 11 is 0. The van der Waals surface area contributed by atoms with Crippen molar-refractivity contribution in [3.63, 3.8) is 0 Å². The Labute approximate surface area is 131 Å². The van der Waals surface area contributed by atoms with Gasteiger partial charge < -0.3 is 19.1 Å². The molecule has 1 atom stereocenters. The van der Waals surface area contributed by atoms with Crippen LogP contribution in [0.2, 0.25) is 0 Å². The predicted octanol–water partition coefficient (Wildman–Crippen LogP) is 2.94. The van der Waals surface area contributed by atoms with Gasteiger partial charge in [0.05, 0.1) is 19.0 Å². The molecule has 0 radical (unpaired) electrons. The molecule has 22 heavy (non-hydrogen) atoms. The summed E-state index contributed by atoms with van der Waals surface area (Å²) in [7, 11) is 0. The van der Waals surface area contributed by atoms with Crippen molar-refractivity contribution < 1.29 is 19.0 Å². The molecule has 0 heterocycles. The third-order valence-electron chi connectivity index (χ3n) is 2.86. The second kappa shape index (κ2) is 10.5. The van der Waals surface area contributed by atoms with Crippen LogP contribution >= 0.6 is 0 Å². The molecule has 1 aromatic rings. The number of hydrogen-bond acceptors (Lipinski definition) is 6. The lowest BCUT2D eigenvalue weighted by atomic mass is 10.2. The quantitative estimate of drug-likeness (QED) is 0.516. The van der Waals surface area contributed by atoms with Crippen LogP contribution in [0.5, 0.6) is 0 Å². The van der Waals surface area contributed by atoms with Crippen LogP contribution in [0.25, 0.3) is 0 Å². The third-order valence-corrected chi connectivity index (χ3v) is 2.86. The molecule has 1 rings (SSSR count). The summed E-state index contributed by atoms with van der Waals surface area (Å²) in [6.45, 7) is 5.16. The van der Waals surface area contributed by atoms with Gasteiger partial charge in [-0.15, -0.1) is 0 Å². The first-order valence-corrected chi connectivity index (χ1v) is 7.29. The summed E-state index contributed by atoms with van der Waals surface area (Å²) in [6.07, 6.45) is -0.976. The van der Waals surface area contributed by atoms with E-state index in [2.05, 4.69) is 6.07 Å². The van der Waals surface area contributed by atoms with Crippen molar-refractivity contribution in [1.29, 1.82) is 5.26 Å². The van der Waals surface area contributed by atoms with Crippen molar-refractivity contribution in [2.24, 2.45) is 0 Å². The zero-order chi connectivity index (χ0) is 16.2. The molecule has 0 saturated heterocycles. The van der Waals surface area contributed by atoms with Gasteiger partial charge in [-0.3, -0.25) is 0 Å². The highest BCUT2D eigenvalue weighted by Gasteiger charge is 2.12. The first-order chi connectivity index (χ1) is 10.7. The van der Waals surface area contributed by atoms with Crippen LogP contribution in [0.1, 0.15) is 20.3 Å². The van der Waals surface area contributed by atoms with Crippen molar-refractivity contribution in [2.45, 2.75) is 26.6 Å². The van der Waals surface area contributed by atoms with Crippen LogP contribution < -0.4 is 4.90 Å². The van der Waals surface area contributed by atoms with Crippen molar-refractivity contribution in [1.82, 2.24) is 0 Å². The molecule has 1 unspecified atom stereocenters. The zero-order valence-corrected chi connectivity index (χ0v) is 13.0. The second-order valence-electron chi connectivity index (χ2n) is 4.47. The Kier molecular flexibility index (Phi) is 8.46. The van der Waals surface area contributed by atoms with E-state index in [0.717, 1.165) is 5.69 Å². The van der Waals surface area contributed by atoms with Gasteiger partial charge in [-0.2, -0.15) is 5.26 Å². The van der Waals surface area contributed by atoms with Crippen molar-refractivity contribution >= 4 is 11.8 Å². The molecule has 0 saturated carbocycles. The van der Waals surface area contributed by atoms with E-state index in [9.17, 15) is 4.79 Å². The van der Waals surface area contributed by atoms with E-state index in [1.54, 1.807) is 6.92 Å². The Hall–Kier alpha value is -2.26. The molecule has 0 bridgehead atoms. The standard InChI is InChI=1S/C16H22N2O4/c1-3-20-14(2)22-16(19)21-13-12-18(11-7-10-17)15-8-5-4-6-9-15/h4-6,8-9,14H,3,7,11-13H2,1-2H3. The maximum Gasteiger partial charge on any atom is 0.510 e. The number of anilines is 1. The fourth-order valence-electron chi connectivity index (χ4n) is 1.87. The van der Waals surface area contributed by atoms with Crippen LogP contribution in [-0.4, -0.2) is 38.7 Å². The molecule has 0 amide bonds. The number of carbonyl (C=O) groups excluding carboxylic acids is 1. The van der Waals surface area contributed by atoms with E-state index < -0.39 is 12.4 Å². The van der Waals surface area contributed by atoms with Gasteiger partial charge in [-0.05, 0) is 26.0 Å². The van der Waals surface area contributed by atoms with Gasteiger partial charge >= 0.3 is 6.16 Å². The maximum absolute atomic E-state index is 11.5. The number of rotatable bonds is 9. The molecule has 6 nitrogen and oxygen atoms in total. The SMILES string of the molecule is CCOC(C)OC(=O)OCCN(CCC#N)c1ccccc1. The fourth-order valence-corrected chi connectivity index (χ4v) is 1.87. The summed E-state index contributed by atoms with van der Waals surface area (Å²) in [4.78, 5) is 13.5. The first kappa shape index (κ1) is 17.8. The summed E-state index contributed by atoms with van der Waals surface area (Å²) in [5.41, 5.74) is 0.984. The number of benzene rings is 1. The number of carbonyl (C=O) groups is 1. The molecular formula is C16H22N2O4. The minimum atomic E-state index is -0.755. The van der Waals surface area contributed by atoms with Gasteiger partial charge in [-0.25, -0.2) is 4.79 Å². The summed E-state index contributed by atoms with van der Waals surface area (Å²) in [6, 6.07) is 11.8. The van der Waals surface area contributed by atoms with E-state index in [4.69, 9.17) is 19.5 Å². The Bertz CT molecular complexity index is 473. The number of hydrogen-bond donors (Lipinski definition) is 0. The average Bonchev–Trinajstić information content (AvgIpc) is 2.51. The molecule has 1 aromatic carbocycles. The Balaban J connectivity index is 2.41. The summed E-state index contributed by atoms with van der Waals surface area (Å²) in [5.74, 6) is 0. The van der Waals surface area contributed by atoms with Crippen LogP contribution in [0.4, 0.5) is 10.5 Å². The van der Waals surface area contributed by atoms with Gasteiger partial charge in [0.25, 0.3) is 0 Å². The van der Waals surface area contributed by atoms with Crippen molar-refractivity contribution in [3.05, 3.63) is 30.3 Å². The lowest BCUT2D eigenvalue weighted by Gasteiger charge is -2.23. The van der Waals surface area contributed by atoms with Crippen LogP contribution in [0.15, 0.2) is 30.3 Å². The molecule has 0 aliphatic heterocycles. The second-order valence-corrected chi connectivity index (χ2v) is 4.47.